The van der Waals surface area contributed by atoms with Crippen LogP contribution in [0.4, 0.5) is 0 Å². The Morgan fingerprint density at radius 2 is 0.931 bits per heavy atom. The number of rotatable bonds is 6. The van der Waals surface area contributed by atoms with E-state index in [1.54, 1.807) is 72.0 Å². The summed E-state index contributed by atoms with van der Waals surface area (Å²) in [5.41, 5.74) is 10.1. The van der Waals surface area contributed by atoms with E-state index in [0.717, 1.165) is 66.1 Å². The zero-order chi connectivity index (χ0) is 39.9. The number of benzene rings is 4. The second-order valence-electron chi connectivity index (χ2n) is 13.1. The smallest absolute Gasteiger partial charge is 0.108 e. The first kappa shape index (κ1) is 37.7. The minimum absolute atomic E-state index is 0.251. The largest absolute Gasteiger partial charge is 0.295 e. The molecule has 0 radical (unpaired) electrons. The van der Waals surface area contributed by atoms with Crippen molar-refractivity contribution in [3.05, 3.63) is 152 Å². The number of nitriles is 2. The maximum atomic E-state index is 8.96. The van der Waals surface area contributed by atoms with Crippen molar-refractivity contribution in [1.29, 1.82) is 10.5 Å². The van der Waals surface area contributed by atoms with E-state index in [0.29, 0.717) is 31.5 Å². The minimum atomic E-state index is 0.251. The van der Waals surface area contributed by atoms with E-state index in [1.165, 1.54) is 9.75 Å². The Morgan fingerprint density at radius 3 is 1.29 bits per heavy atom. The van der Waals surface area contributed by atoms with Crippen LogP contribution in [0, 0.1) is 22.7 Å². The van der Waals surface area contributed by atoms with Crippen LogP contribution in [0.25, 0.3) is 76.1 Å². The first-order valence-electron chi connectivity index (χ1n) is 17.6. The molecule has 0 aliphatic heterocycles. The van der Waals surface area contributed by atoms with Crippen LogP contribution in [-0.4, -0.2) is 29.1 Å². The summed E-state index contributed by atoms with van der Waals surface area (Å²) in [4.78, 5) is 20.5. The molecule has 4 aromatic carbocycles. The van der Waals surface area contributed by atoms with E-state index < -0.39 is 0 Å². The fraction of sp³-hybridized carbons (Fsp3) is 0.0455. The number of imidazole rings is 2. The van der Waals surface area contributed by atoms with Crippen molar-refractivity contribution in [2.24, 2.45) is 0 Å². The number of aromatic nitrogens is 6. The average molecular weight is 871 g/mol. The number of halogens is 4. The summed E-state index contributed by atoms with van der Waals surface area (Å²) in [5.74, 6) is 0. The van der Waals surface area contributed by atoms with Gasteiger partial charge in [0.05, 0.1) is 90.9 Å². The monoisotopic (exact) mass is 868 g/mol. The molecule has 14 heteroatoms. The molecule has 6 heterocycles. The first-order valence-corrected chi connectivity index (χ1v) is 20.9. The third-order valence-electron chi connectivity index (χ3n) is 9.56. The number of thiophene rings is 2. The molecule has 0 amide bonds. The molecular formula is C44H24Cl4N8S2. The Kier molecular flexibility index (Phi) is 10.3. The molecule has 10 aromatic rings. The molecule has 8 nitrogen and oxygen atoms in total. The van der Waals surface area contributed by atoms with Gasteiger partial charge in [0, 0.05) is 20.5 Å². The van der Waals surface area contributed by atoms with Gasteiger partial charge < -0.3 is 0 Å². The molecule has 0 N–H and O–H groups in total. The highest BCUT2D eigenvalue weighted by Gasteiger charge is 2.19. The number of hydrogen-bond acceptors (Lipinski definition) is 8. The molecule has 0 fully saturated rings. The van der Waals surface area contributed by atoms with Crippen LogP contribution in [0.2, 0.25) is 20.1 Å². The van der Waals surface area contributed by atoms with E-state index in [1.807, 2.05) is 33.4 Å². The second-order valence-corrected chi connectivity index (χ2v) is 16.6. The van der Waals surface area contributed by atoms with E-state index >= 15 is 0 Å². The van der Waals surface area contributed by atoms with Gasteiger partial charge in [-0.05, 0) is 93.7 Å². The van der Waals surface area contributed by atoms with Crippen LogP contribution < -0.4 is 0 Å². The molecule has 6 aromatic heterocycles. The summed E-state index contributed by atoms with van der Waals surface area (Å²) in [6, 6.07) is 32.0. The van der Waals surface area contributed by atoms with Crippen molar-refractivity contribution in [1.82, 2.24) is 29.1 Å². The molecule has 58 heavy (non-hydrogen) atoms. The summed E-state index contributed by atoms with van der Waals surface area (Å²) in [5, 5.41) is 25.9. The van der Waals surface area contributed by atoms with Gasteiger partial charge in [0.2, 0.25) is 0 Å². The lowest BCUT2D eigenvalue weighted by Gasteiger charge is -2.12. The van der Waals surface area contributed by atoms with Gasteiger partial charge in [0.15, 0.2) is 0 Å². The van der Waals surface area contributed by atoms with Gasteiger partial charge in [-0.25, -0.2) is 9.97 Å². The van der Waals surface area contributed by atoms with Crippen molar-refractivity contribution in [3.63, 3.8) is 0 Å². The zero-order valence-corrected chi connectivity index (χ0v) is 34.5. The molecule has 0 aliphatic carbocycles. The molecule has 10 rings (SSSR count). The predicted molar refractivity (Wildman–Crippen MR) is 238 cm³/mol. The van der Waals surface area contributed by atoms with Crippen molar-refractivity contribution in [2.45, 2.75) is 12.8 Å². The molecule has 0 unspecified atom stereocenters. The highest BCUT2D eigenvalue weighted by molar-refractivity contribution is 7.13. The molecule has 0 spiro atoms. The maximum absolute atomic E-state index is 8.96. The van der Waals surface area contributed by atoms with E-state index in [-0.39, 0.29) is 12.8 Å². The van der Waals surface area contributed by atoms with Gasteiger partial charge in [-0.3, -0.25) is 19.1 Å². The van der Waals surface area contributed by atoms with Gasteiger partial charge in [0.25, 0.3) is 0 Å². The number of nitrogens with zero attached hydrogens (tertiary/aromatic N) is 8. The quantitative estimate of drug-likeness (QED) is 0.165. The Labute approximate surface area is 359 Å². The number of fused-ring (bicyclic) bond motifs is 6. The van der Waals surface area contributed by atoms with Crippen molar-refractivity contribution in [3.8, 4) is 44.4 Å². The number of hydrogen-bond donors (Lipinski definition) is 0. The lowest BCUT2D eigenvalue weighted by Crippen LogP contribution is -1.97. The Hall–Kier alpha value is -5.82. The lowest BCUT2D eigenvalue weighted by atomic mass is 10.1. The zero-order valence-electron chi connectivity index (χ0n) is 29.9. The minimum Gasteiger partial charge on any atom is -0.295 e. The lowest BCUT2D eigenvalue weighted by molar-refractivity contribution is 1.09. The van der Waals surface area contributed by atoms with Crippen LogP contribution >= 0.6 is 69.1 Å². The van der Waals surface area contributed by atoms with Gasteiger partial charge in [-0.1, -0.05) is 70.7 Å². The normalized spacial score (nSPS) is 11.2. The van der Waals surface area contributed by atoms with Crippen LogP contribution in [-0.2, 0) is 12.8 Å². The summed E-state index contributed by atoms with van der Waals surface area (Å²) in [7, 11) is 0. The topological polar surface area (TPSA) is 109 Å². The third kappa shape index (κ3) is 6.95. The van der Waals surface area contributed by atoms with Crippen LogP contribution in [0.5, 0.6) is 0 Å². The Bertz CT molecular complexity index is 3000. The molecular weight excluding hydrogens is 846 g/mol. The Morgan fingerprint density at radius 1 is 0.517 bits per heavy atom. The summed E-state index contributed by atoms with van der Waals surface area (Å²) in [6.07, 6.45) is 7.43. The van der Waals surface area contributed by atoms with Crippen LogP contribution in [0.1, 0.15) is 11.1 Å². The van der Waals surface area contributed by atoms with Gasteiger partial charge in [-0.2, -0.15) is 10.5 Å². The highest BCUT2D eigenvalue weighted by atomic mass is 35.5. The van der Waals surface area contributed by atoms with E-state index in [2.05, 4.69) is 79.2 Å². The summed E-state index contributed by atoms with van der Waals surface area (Å²) >= 11 is 29.7. The molecule has 0 saturated heterocycles. The second kappa shape index (κ2) is 15.8. The fourth-order valence-electron chi connectivity index (χ4n) is 7.00. The summed E-state index contributed by atoms with van der Waals surface area (Å²) in [6.45, 7) is 0. The molecule has 0 saturated carbocycles. The molecule has 280 valence electrons. The van der Waals surface area contributed by atoms with Crippen LogP contribution in [0.3, 0.4) is 0 Å². The summed E-state index contributed by atoms with van der Waals surface area (Å²) < 4.78 is 3.80. The van der Waals surface area contributed by atoms with Gasteiger partial charge in [0.1, 0.15) is 23.7 Å². The Balaban J connectivity index is 0.000000150. The predicted octanol–water partition coefficient (Wildman–Crippen LogP) is 13.4. The van der Waals surface area contributed by atoms with Crippen molar-refractivity contribution < 1.29 is 0 Å². The molecule has 0 bridgehead atoms. The highest BCUT2D eigenvalue weighted by Crippen LogP contribution is 2.38. The SMILES string of the molecule is N#CCc1cc(Cl)c(-n2cnc3cnc4ccc(-c5cccs5)cc4c32)c(Cl)c1.N#CCc1cc(Cl)c(-n2cnc3cnc4ccc(-c5cccs5)cc4c32)c(Cl)c1. The third-order valence-corrected chi connectivity index (χ3v) is 12.6. The van der Waals surface area contributed by atoms with Gasteiger partial charge >= 0.3 is 0 Å². The van der Waals surface area contributed by atoms with Gasteiger partial charge in [-0.15, -0.1) is 22.7 Å². The van der Waals surface area contributed by atoms with Crippen molar-refractivity contribution >= 4 is 113 Å². The molecule has 0 aliphatic rings. The first-order chi connectivity index (χ1) is 28.3. The van der Waals surface area contributed by atoms with Crippen molar-refractivity contribution in [2.75, 3.05) is 0 Å². The van der Waals surface area contributed by atoms with Crippen LogP contribution in [0.15, 0.2) is 121 Å². The number of pyridine rings is 2. The standard InChI is InChI=1S/2C22H12Cl2N4S/c2*23-16-8-13(5-6-25)9-17(24)22(16)28-12-27-19-11-26-18-4-3-14(10-15(18)21(19)28)20-2-1-7-29-20/h2*1-4,7-12H,5H2. The fourth-order valence-corrected chi connectivity index (χ4v) is 9.88. The van der Waals surface area contributed by atoms with E-state index in [4.69, 9.17) is 56.9 Å². The van der Waals surface area contributed by atoms with E-state index in [9.17, 15) is 0 Å². The maximum Gasteiger partial charge on any atom is 0.108 e. The average Bonchev–Trinajstić information content (AvgIpc) is 4.06. The molecule has 0 atom stereocenters.